The number of rotatable bonds is 4. The third-order valence-corrected chi connectivity index (χ3v) is 4.34. The molecule has 3 nitrogen and oxygen atoms in total. The molecule has 2 rings (SSSR count). The lowest BCUT2D eigenvalue weighted by atomic mass is 10.00. The van der Waals surface area contributed by atoms with E-state index in [0.29, 0.717) is 5.56 Å². The van der Waals surface area contributed by atoms with Crippen LogP contribution in [0.5, 0.6) is 0 Å². The van der Waals surface area contributed by atoms with Crippen molar-refractivity contribution in [3.63, 3.8) is 0 Å². The summed E-state index contributed by atoms with van der Waals surface area (Å²) in [5.74, 6) is -0.0782. The van der Waals surface area contributed by atoms with Gasteiger partial charge in [-0.15, -0.1) is 0 Å². The number of carbonyl (C=O) groups excluding carboxylic acids is 1. The van der Waals surface area contributed by atoms with Gasteiger partial charge in [-0.25, -0.2) is 8.42 Å². The van der Waals surface area contributed by atoms with Crippen molar-refractivity contribution >= 4 is 15.6 Å². The summed E-state index contributed by atoms with van der Waals surface area (Å²) < 4.78 is 23.1. The lowest BCUT2D eigenvalue weighted by Crippen LogP contribution is -2.06. The van der Waals surface area contributed by atoms with Crippen LogP contribution in [0.2, 0.25) is 0 Å². The minimum atomic E-state index is -3.30. The van der Waals surface area contributed by atoms with E-state index in [4.69, 9.17) is 0 Å². The Labute approximate surface area is 125 Å². The molecule has 0 spiro atoms. The molecule has 0 saturated carbocycles. The maximum atomic E-state index is 12.3. The van der Waals surface area contributed by atoms with E-state index in [-0.39, 0.29) is 17.1 Å². The molecule has 21 heavy (non-hydrogen) atoms. The standard InChI is InChI=1S/C17H18O3S/c1-12-7-13(2)9-14(8-12)10-17(18)15-5-4-6-16(11-15)21(3,19)20/h4-9,11H,10H2,1-3H3. The van der Waals surface area contributed by atoms with Gasteiger partial charge in [0.15, 0.2) is 15.6 Å². The second-order valence-electron chi connectivity index (χ2n) is 5.40. The fourth-order valence-corrected chi connectivity index (χ4v) is 3.03. The molecule has 0 aliphatic carbocycles. The second kappa shape index (κ2) is 5.82. The Morgan fingerprint density at radius 2 is 1.62 bits per heavy atom. The van der Waals surface area contributed by atoms with E-state index in [2.05, 4.69) is 6.07 Å². The number of ketones is 1. The van der Waals surface area contributed by atoms with Gasteiger partial charge in [-0.3, -0.25) is 4.79 Å². The first kappa shape index (κ1) is 15.4. The summed E-state index contributed by atoms with van der Waals surface area (Å²) in [6.45, 7) is 3.98. The van der Waals surface area contributed by atoms with Crippen molar-refractivity contribution < 1.29 is 13.2 Å². The molecule has 0 aromatic heterocycles. The zero-order chi connectivity index (χ0) is 15.6. The zero-order valence-corrected chi connectivity index (χ0v) is 13.2. The first-order chi connectivity index (χ1) is 9.75. The van der Waals surface area contributed by atoms with E-state index >= 15 is 0 Å². The van der Waals surface area contributed by atoms with Crippen molar-refractivity contribution in [1.29, 1.82) is 0 Å². The van der Waals surface area contributed by atoms with Gasteiger partial charge < -0.3 is 0 Å². The van der Waals surface area contributed by atoms with E-state index in [1.807, 2.05) is 26.0 Å². The lowest BCUT2D eigenvalue weighted by molar-refractivity contribution is 0.0993. The molecule has 2 aromatic rings. The molecule has 0 saturated heterocycles. The van der Waals surface area contributed by atoms with E-state index < -0.39 is 9.84 Å². The van der Waals surface area contributed by atoms with Crippen LogP contribution >= 0.6 is 0 Å². The summed E-state index contributed by atoms with van der Waals surface area (Å²) in [5, 5.41) is 0. The molecule has 0 radical (unpaired) electrons. The molecule has 0 bridgehead atoms. The van der Waals surface area contributed by atoms with Crippen molar-refractivity contribution in [2.75, 3.05) is 6.26 Å². The molecular formula is C17H18O3S. The summed E-state index contributed by atoms with van der Waals surface area (Å²) in [4.78, 5) is 12.5. The molecule has 0 heterocycles. The number of sulfone groups is 1. The number of aryl methyl sites for hydroxylation is 2. The third kappa shape index (κ3) is 4.02. The normalized spacial score (nSPS) is 11.4. The number of benzene rings is 2. The van der Waals surface area contributed by atoms with Crippen LogP contribution in [0.4, 0.5) is 0 Å². The Bertz CT molecular complexity index is 769. The van der Waals surface area contributed by atoms with Crippen LogP contribution in [0.3, 0.4) is 0 Å². The predicted molar refractivity (Wildman–Crippen MR) is 83.5 cm³/mol. The van der Waals surface area contributed by atoms with Crippen LogP contribution in [0.15, 0.2) is 47.4 Å². The monoisotopic (exact) mass is 302 g/mol. The highest BCUT2D eigenvalue weighted by atomic mass is 32.2. The summed E-state index contributed by atoms with van der Waals surface area (Å²) in [6.07, 6.45) is 1.41. The van der Waals surface area contributed by atoms with Crippen LogP contribution in [0.1, 0.15) is 27.0 Å². The number of Topliss-reactive ketones (excluding diaryl/α,β-unsaturated/α-hetero) is 1. The maximum Gasteiger partial charge on any atom is 0.175 e. The van der Waals surface area contributed by atoms with Gasteiger partial charge in [-0.05, 0) is 31.5 Å². The van der Waals surface area contributed by atoms with Gasteiger partial charge in [-0.1, -0.05) is 41.5 Å². The highest BCUT2D eigenvalue weighted by molar-refractivity contribution is 7.90. The van der Waals surface area contributed by atoms with Gasteiger partial charge >= 0.3 is 0 Å². The maximum absolute atomic E-state index is 12.3. The first-order valence-corrected chi connectivity index (χ1v) is 8.55. The third-order valence-electron chi connectivity index (χ3n) is 3.23. The van der Waals surface area contributed by atoms with Crippen molar-refractivity contribution in [2.24, 2.45) is 0 Å². The molecule has 0 aliphatic heterocycles. The largest absolute Gasteiger partial charge is 0.294 e. The Hall–Kier alpha value is -1.94. The Kier molecular flexibility index (Phi) is 4.28. The van der Waals surface area contributed by atoms with Crippen LogP contribution in [-0.2, 0) is 16.3 Å². The van der Waals surface area contributed by atoms with Crippen LogP contribution in [-0.4, -0.2) is 20.5 Å². The SMILES string of the molecule is Cc1cc(C)cc(CC(=O)c2cccc(S(C)(=O)=O)c2)c1. The quantitative estimate of drug-likeness (QED) is 0.815. The number of hydrogen-bond donors (Lipinski definition) is 0. The highest BCUT2D eigenvalue weighted by Crippen LogP contribution is 2.15. The molecule has 0 aliphatic rings. The highest BCUT2D eigenvalue weighted by Gasteiger charge is 2.12. The van der Waals surface area contributed by atoms with Crippen LogP contribution in [0.25, 0.3) is 0 Å². The molecule has 2 aromatic carbocycles. The van der Waals surface area contributed by atoms with E-state index in [0.717, 1.165) is 22.9 Å². The van der Waals surface area contributed by atoms with Crippen LogP contribution in [0, 0.1) is 13.8 Å². The van der Waals surface area contributed by atoms with Gasteiger partial charge in [0.2, 0.25) is 0 Å². The number of carbonyl (C=O) groups is 1. The minimum Gasteiger partial charge on any atom is -0.294 e. The van der Waals surface area contributed by atoms with E-state index in [9.17, 15) is 13.2 Å². The van der Waals surface area contributed by atoms with Gasteiger partial charge in [0.25, 0.3) is 0 Å². The molecule has 0 unspecified atom stereocenters. The summed E-state index contributed by atoms with van der Waals surface area (Å²) in [6, 6.07) is 12.2. The molecule has 0 N–H and O–H groups in total. The molecule has 110 valence electrons. The molecule has 0 fully saturated rings. The topological polar surface area (TPSA) is 51.2 Å². The predicted octanol–water partition coefficient (Wildman–Crippen LogP) is 3.13. The average Bonchev–Trinajstić information content (AvgIpc) is 2.36. The van der Waals surface area contributed by atoms with Gasteiger partial charge in [0.1, 0.15) is 0 Å². The first-order valence-electron chi connectivity index (χ1n) is 6.66. The van der Waals surface area contributed by atoms with E-state index in [1.54, 1.807) is 12.1 Å². The lowest BCUT2D eigenvalue weighted by Gasteiger charge is -2.06. The summed E-state index contributed by atoms with van der Waals surface area (Å²) in [5.41, 5.74) is 3.60. The molecule has 4 heteroatoms. The van der Waals surface area contributed by atoms with Gasteiger partial charge in [0, 0.05) is 18.2 Å². The summed E-state index contributed by atoms with van der Waals surface area (Å²) in [7, 11) is -3.30. The summed E-state index contributed by atoms with van der Waals surface area (Å²) >= 11 is 0. The average molecular weight is 302 g/mol. The van der Waals surface area contributed by atoms with Crippen molar-refractivity contribution in [3.8, 4) is 0 Å². The Balaban J connectivity index is 2.28. The van der Waals surface area contributed by atoms with Crippen molar-refractivity contribution in [3.05, 3.63) is 64.7 Å². The smallest absolute Gasteiger partial charge is 0.175 e. The van der Waals surface area contributed by atoms with Crippen LogP contribution < -0.4 is 0 Å². The molecule has 0 amide bonds. The second-order valence-corrected chi connectivity index (χ2v) is 7.41. The fraction of sp³-hybridized carbons (Fsp3) is 0.235. The zero-order valence-electron chi connectivity index (χ0n) is 12.4. The molecular weight excluding hydrogens is 284 g/mol. The Morgan fingerprint density at radius 1 is 1.00 bits per heavy atom. The van der Waals surface area contributed by atoms with E-state index in [1.165, 1.54) is 12.1 Å². The van der Waals surface area contributed by atoms with Gasteiger partial charge in [0.05, 0.1) is 4.90 Å². The van der Waals surface area contributed by atoms with Crippen molar-refractivity contribution in [2.45, 2.75) is 25.2 Å². The molecule has 0 atom stereocenters. The van der Waals surface area contributed by atoms with Gasteiger partial charge in [-0.2, -0.15) is 0 Å². The minimum absolute atomic E-state index is 0.0782. The Morgan fingerprint density at radius 3 is 2.19 bits per heavy atom. The number of hydrogen-bond acceptors (Lipinski definition) is 3. The fourth-order valence-electron chi connectivity index (χ4n) is 2.36. The van der Waals surface area contributed by atoms with Crippen molar-refractivity contribution in [1.82, 2.24) is 0 Å².